The Morgan fingerprint density at radius 3 is 2.33 bits per heavy atom. The van der Waals surface area contributed by atoms with Crippen molar-refractivity contribution in [3.63, 3.8) is 0 Å². The molecule has 0 aromatic heterocycles. The fourth-order valence-electron chi connectivity index (χ4n) is 1.38. The number of hydrogen-bond acceptors (Lipinski definition) is 2. The highest BCUT2D eigenvalue weighted by molar-refractivity contribution is 5.91. The molecule has 0 aliphatic rings. The van der Waals surface area contributed by atoms with E-state index in [2.05, 4.69) is 5.32 Å². The molecule has 1 aromatic carbocycles. The molecule has 0 spiro atoms. The molecule has 1 atom stereocenters. The molecule has 0 saturated heterocycles. The van der Waals surface area contributed by atoms with Gasteiger partial charge in [-0.1, -0.05) is 6.92 Å². The van der Waals surface area contributed by atoms with E-state index in [1.54, 1.807) is 24.1 Å². The normalized spacial score (nSPS) is 11.7. The van der Waals surface area contributed by atoms with Crippen LogP contribution in [0, 0.1) is 0 Å². The number of aromatic carboxylic acids is 1. The van der Waals surface area contributed by atoms with Gasteiger partial charge < -0.3 is 15.3 Å². The lowest BCUT2D eigenvalue weighted by Crippen LogP contribution is -2.37. The number of rotatable bonds is 4. The Bertz CT molecular complexity index is 428. The van der Waals surface area contributed by atoms with Gasteiger partial charge in [0, 0.05) is 18.8 Å². The average molecular weight is 250 g/mol. The minimum atomic E-state index is -0.982. The van der Waals surface area contributed by atoms with Gasteiger partial charge in [-0.05, 0) is 37.6 Å². The smallest absolute Gasteiger partial charge is 0.335 e. The van der Waals surface area contributed by atoms with Gasteiger partial charge in [0.2, 0.25) is 0 Å². The van der Waals surface area contributed by atoms with Crippen LogP contribution in [-0.2, 0) is 0 Å². The maximum Gasteiger partial charge on any atom is 0.335 e. The lowest BCUT2D eigenvalue weighted by molar-refractivity contribution is 0.0697. The summed E-state index contributed by atoms with van der Waals surface area (Å²) in [7, 11) is 1.73. The van der Waals surface area contributed by atoms with Gasteiger partial charge in [0.15, 0.2) is 0 Å². The van der Waals surface area contributed by atoms with Crippen LogP contribution in [-0.4, -0.2) is 35.1 Å². The molecule has 1 unspecified atom stereocenters. The number of amides is 2. The number of carboxylic acids is 1. The van der Waals surface area contributed by atoms with Gasteiger partial charge in [0.25, 0.3) is 0 Å². The Morgan fingerprint density at radius 2 is 1.89 bits per heavy atom. The minimum absolute atomic E-state index is 0.156. The van der Waals surface area contributed by atoms with E-state index >= 15 is 0 Å². The first-order valence-corrected chi connectivity index (χ1v) is 5.82. The van der Waals surface area contributed by atoms with E-state index in [9.17, 15) is 9.59 Å². The first-order chi connectivity index (χ1) is 8.45. The molecular weight excluding hydrogens is 232 g/mol. The zero-order valence-corrected chi connectivity index (χ0v) is 10.8. The van der Waals surface area contributed by atoms with Crippen LogP contribution in [0.5, 0.6) is 0 Å². The second kappa shape index (κ2) is 6.05. The lowest BCUT2D eigenvalue weighted by atomic mass is 10.2. The predicted octanol–water partition coefficient (Wildman–Crippen LogP) is 2.65. The monoisotopic (exact) mass is 250 g/mol. The summed E-state index contributed by atoms with van der Waals surface area (Å²) in [4.78, 5) is 24.1. The minimum Gasteiger partial charge on any atom is -0.478 e. The van der Waals surface area contributed by atoms with Gasteiger partial charge >= 0.3 is 12.0 Å². The molecule has 98 valence electrons. The Hall–Kier alpha value is -2.04. The van der Waals surface area contributed by atoms with Crippen molar-refractivity contribution in [2.24, 2.45) is 0 Å². The number of carbonyl (C=O) groups excluding carboxylic acids is 1. The molecule has 1 rings (SSSR count). The van der Waals surface area contributed by atoms with Crippen molar-refractivity contribution in [3.8, 4) is 0 Å². The second-order valence-electron chi connectivity index (χ2n) is 4.18. The van der Waals surface area contributed by atoms with Crippen LogP contribution in [0.2, 0.25) is 0 Å². The first-order valence-electron chi connectivity index (χ1n) is 5.82. The van der Waals surface area contributed by atoms with E-state index < -0.39 is 5.97 Å². The van der Waals surface area contributed by atoms with Crippen molar-refractivity contribution in [1.29, 1.82) is 0 Å². The zero-order chi connectivity index (χ0) is 13.7. The first kappa shape index (κ1) is 14.0. The molecule has 0 aliphatic heterocycles. The third-order valence-electron chi connectivity index (χ3n) is 2.96. The molecule has 1 aromatic rings. The van der Waals surface area contributed by atoms with E-state index in [0.29, 0.717) is 5.69 Å². The summed E-state index contributed by atoms with van der Waals surface area (Å²) in [6.45, 7) is 3.98. The summed E-state index contributed by atoms with van der Waals surface area (Å²) in [5.41, 5.74) is 0.781. The highest BCUT2D eigenvalue weighted by Gasteiger charge is 2.14. The molecule has 2 N–H and O–H groups in total. The van der Waals surface area contributed by atoms with Gasteiger partial charge in [0.1, 0.15) is 0 Å². The molecular formula is C13H18N2O3. The topological polar surface area (TPSA) is 69.6 Å². The van der Waals surface area contributed by atoms with Crippen molar-refractivity contribution < 1.29 is 14.7 Å². The van der Waals surface area contributed by atoms with Crippen LogP contribution in [0.3, 0.4) is 0 Å². The number of carboxylic acid groups (broad SMARTS) is 1. The maximum absolute atomic E-state index is 11.8. The predicted molar refractivity (Wildman–Crippen MR) is 69.9 cm³/mol. The highest BCUT2D eigenvalue weighted by Crippen LogP contribution is 2.11. The summed E-state index contributed by atoms with van der Waals surface area (Å²) < 4.78 is 0. The van der Waals surface area contributed by atoms with Crippen LogP contribution >= 0.6 is 0 Å². The summed E-state index contributed by atoms with van der Waals surface area (Å²) in [6.07, 6.45) is 0.877. The third kappa shape index (κ3) is 3.48. The van der Waals surface area contributed by atoms with Crippen molar-refractivity contribution in [2.45, 2.75) is 26.3 Å². The molecule has 0 fully saturated rings. The van der Waals surface area contributed by atoms with Crippen molar-refractivity contribution in [2.75, 3.05) is 12.4 Å². The van der Waals surface area contributed by atoms with E-state index in [0.717, 1.165) is 6.42 Å². The second-order valence-corrected chi connectivity index (χ2v) is 4.18. The van der Waals surface area contributed by atoms with Gasteiger partial charge in [-0.25, -0.2) is 9.59 Å². The molecule has 0 radical (unpaired) electrons. The molecule has 18 heavy (non-hydrogen) atoms. The molecule has 0 saturated carbocycles. The number of hydrogen-bond donors (Lipinski definition) is 2. The number of carbonyl (C=O) groups is 2. The molecule has 0 heterocycles. The van der Waals surface area contributed by atoms with E-state index in [1.807, 2.05) is 13.8 Å². The average Bonchev–Trinajstić information content (AvgIpc) is 2.37. The highest BCUT2D eigenvalue weighted by atomic mass is 16.4. The van der Waals surface area contributed by atoms with E-state index in [-0.39, 0.29) is 17.6 Å². The van der Waals surface area contributed by atoms with Gasteiger partial charge in [0.05, 0.1) is 5.56 Å². The van der Waals surface area contributed by atoms with Gasteiger partial charge in [-0.3, -0.25) is 0 Å². The largest absolute Gasteiger partial charge is 0.478 e. The molecule has 5 heteroatoms. The van der Waals surface area contributed by atoms with Crippen molar-refractivity contribution in [1.82, 2.24) is 4.90 Å². The van der Waals surface area contributed by atoms with Crippen LogP contribution in [0.4, 0.5) is 10.5 Å². The number of nitrogens with one attached hydrogen (secondary N) is 1. The Labute approximate surface area is 106 Å². The van der Waals surface area contributed by atoms with E-state index in [1.165, 1.54) is 12.1 Å². The molecule has 0 aliphatic carbocycles. The quantitative estimate of drug-likeness (QED) is 0.863. The molecule has 5 nitrogen and oxygen atoms in total. The number of nitrogens with zero attached hydrogens (tertiary/aromatic N) is 1. The SMILES string of the molecule is CCC(C)N(C)C(=O)Nc1ccc(C(=O)O)cc1. The Kier molecular flexibility index (Phi) is 4.71. The number of benzene rings is 1. The summed E-state index contributed by atoms with van der Waals surface area (Å²) in [5, 5.41) is 11.5. The summed E-state index contributed by atoms with van der Waals surface area (Å²) >= 11 is 0. The lowest BCUT2D eigenvalue weighted by Gasteiger charge is -2.24. The van der Waals surface area contributed by atoms with Crippen molar-refractivity contribution >= 4 is 17.7 Å². The fraction of sp³-hybridized carbons (Fsp3) is 0.385. The van der Waals surface area contributed by atoms with Crippen LogP contribution in [0.25, 0.3) is 0 Å². The Morgan fingerprint density at radius 1 is 1.33 bits per heavy atom. The van der Waals surface area contributed by atoms with E-state index in [4.69, 9.17) is 5.11 Å². The zero-order valence-electron chi connectivity index (χ0n) is 10.8. The van der Waals surface area contributed by atoms with Crippen LogP contribution in [0.1, 0.15) is 30.6 Å². The van der Waals surface area contributed by atoms with Gasteiger partial charge in [-0.2, -0.15) is 0 Å². The number of anilines is 1. The molecule has 2 amide bonds. The summed E-state index contributed by atoms with van der Waals surface area (Å²) in [6, 6.07) is 6.02. The molecule has 0 bridgehead atoms. The summed E-state index contributed by atoms with van der Waals surface area (Å²) in [5.74, 6) is -0.982. The Balaban J connectivity index is 2.67. The van der Waals surface area contributed by atoms with Gasteiger partial charge in [-0.15, -0.1) is 0 Å². The number of urea groups is 1. The van der Waals surface area contributed by atoms with Crippen LogP contribution in [0.15, 0.2) is 24.3 Å². The van der Waals surface area contributed by atoms with Crippen LogP contribution < -0.4 is 5.32 Å². The van der Waals surface area contributed by atoms with Crippen molar-refractivity contribution in [3.05, 3.63) is 29.8 Å². The third-order valence-corrected chi connectivity index (χ3v) is 2.96. The fourth-order valence-corrected chi connectivity index (χ4v) is 1.38. The standard InChI is InChI=1S/C13H18N2O3/c1-4-9(2)15(3)13(18)14-11-7-5-10(6-8-11)12(16)17/h5-9H,4H2,1-3H3,(H,14,18)(H,16,17). The maximum atomic E-state index is 11.8.